The van der Waals surface area contributed by atoms with Crippen molar-refractivity contribution in [2.24, 2.45) is 5.92 Å². The van der Waals surface area contributed by atoms with E-state index in [0.29, 0.717) is 6.04 Å². The van der Waals surface area contributed by atoms with Crippen molar-refractivity contribution in [2.75, 3.05) is 7.11 Å². The third-order valence-electron chi connectivity index (χ3n) is 3.76. The summed E-state index contributed by atoms with van der Waals surface area (Å²) in [5, 5.41) is 3.60. The Hall–Kier alpha value is -1.09. The van der Waals surface area contributed by atoms with Crippen LogP contribution in [0.5, 0.6) is 5.88 Å². The van der Waals surface area contributed by atoms with Crippen LogP contribution in [0.4, 0.5) is 0 Å². The fourth-order valence-electron chi connectivity index (χ4n) is 2.64. The number of hydrogen-bond acceptors (Lipinski definition) is 3. The molecule has 0 amide bonds. The van der Waals surface area contributed by atoms with Crippen LogP contribution in [0.25, 0.3) is 0 Å². The van der Waals surface area contributed by atoms with Crippen LogP contribution in [-0.4, -0.2) is 18.1 Å². The van der Waals surface area contributed by atoms with E-state index in [1.165, 1.54) is 25.7 Å². The molecule has 1 saturated carbocycles. The van der Waals surface area contributed by atoms with Crippen LogP contribution in [0, 0.1) is 5.92 Å². The minimum absolute atomic E-state index is 0.586. The average molecular weight is 234 g/mol. The molecule has 3 nitrogen and oxygen atoms in total. The first-order valence-corrected chi connectivity index (χ1v) is 6.52. The quantitative estimate of drug-likeness (QED) is 0.850. The highest BCUT2D eigenvalue weighted by Gasteiger charge is 2.21. The minimum atomic E-state index is 0.586. The van der Waals surface area contributed by atoms with E-state index in [0.717, 1.165) is 23.9 Å². The lowest BCUT2D eigenvalue weighted by Gasteiger charge is -2.20. The second-order valence-corrected chi connectivity index (χ2v) is 4.89. The van der Waals surface area contributed by atoms with Crippen LogP contribution < -0.4 is 10.1 Å². The van der Waals surface area contributed by atoms with E-state index in [-0.39, 0.29) is 0 Å². The van der Waals surface area contributed by atoms with Crippen molar-refractivity contribution in [1.29, 1.82) is 0 Å². The smallest absolute Gasteiger partial charge is 0.217 e. The van der Waals surface area contributed by atoms with Gasteiger partial charge in [0.2, 0.25) is 5.88 Å². The van der Waals surface area contributed by atoms with Gasteiger partial charge in [-0.15, -0.1) is 0 Å². The van der Waals surface area contributed by atoms with Crippen molar-refractivity contribution in [1.82, 2.24) is 10.3 Å². The van der Waals surface area contributed by atoms with Gasteiger partial charge >= 0.3 is 0 Å². The number of rotatable bonds is 5. The third-order valence-corrected chi connectivity index (χ3v) is 3.76. The molecule has 1 aromatic rings. The minimum Gasteiger partial charge on any atom is -0.481 e. The summed E-state index contributed by atoms with van der Waals surface area (Å²) in [7, 11) is 1.67. The van der Waals surface area contributed by atoms with E-state index < -0.39 is 0 Å². The lowest BCUT2D eigenvalue weighted by atomic mass is 10.00. The van der Waals surface area contributed by atoms with Crippen molar-refractivity contribution in [3.8, 4) is 5.88 Å². The highest BCUT2D eigenvalue weighted by Crippen LogP contribution is 2.27. The zero-order chi connectivity index (χ0) is 12.1. The molecular formula is C14H22N2O. The maximum Gasteiger partial charge on any atom is 0.217 e. The molecule has 17 heavy (non-hydrogen) atoms. The van der Waals surface area contributed by atoms with E-state index in [2.05, 4.69) is 23.3 Å². The van der Waals surface area contributed by atoms with Gasteiger partial charge in [-0.25, -0.2) is 4.98 Å². The molecule has 3 heteroatoms. The van der Waals surface area contributed by atoms with Gasteiger partial charge in [-0.3, -0.25) is 0 Å². The van der Waals surface area contributed by atoms with E-state index in [9.17, 15) is 0 Å². The number of aromatic nitrogens is 1. The van der Waals surface area contributed by atoms with E-state index >= 15 is 0 Å². The molecule has 2 rings (SSSR count). The average Bonchev–Trinajstić information content (AvgIpc) is 2.90. The highest BCUT2D eigenvalue weighted by atomic mass is 16.5. The molecule has 0 aliphatic heterocycles. The molecule has 1 heterocycles. The Bertz CT molecular complexity index is 348. The molecular weight excluding hydrogens is 212 g/mol. The van der Waals surface area contributed by atoms with Crippen molar-refractivity contribution < 1.29 is 4.74 Å². The van der Waals surface area contributed by atoms with Gasteiger partial charge in [0.25, 0.3) is 0 Å². The number of pyridine rings is 1. The maximum atomic E-state index is 5.25. The van der Waals surface area contributed by atoms with Crippen molar-refractivity contribution >= 4 is 0 Å². The number of ether oxygens (including phenoxy) is 1. The molecule has 0 unspecified atom stereocenters. The zero-order valence-corrected chi connectivity index (χ0v) is 10.8. The summed E-state index contributed by atoms with van der Waals surface area (Å²) in [6.07, 6.45) is 7.30. The predicted octanol–water partition coefficient (Wildman–Crippen LogP) is 2.76. The maximum absolute atomic E-state index is 5.25. The molecule has 1 N–H and O–H groups in total. The van der Waals surface area contributed by atoms with Crippen LogP contribution in [-0.2, 0) is 6.54 Å². The Morgan fingerprint density at radius 2 is 2.24 bits per heavy atom. The Labute approximate surface area is 104 Å². The van der Waals surface area contributed by atoms with Crippen LogP contribution >= 0.6 is 0 Å². The van der Waals surface area contributed by atoms with Gasteiger partial charge in [0, 0.05) is 24.3 Å². The lowest BCUT2D eigenvalue weighted by Crippen LogP contribution is -2.31. The van der Waals surface area contributed by atoms with E-state index in [1.54, 1.807) is 13.3 Å². The highest BCUT2D eigenvalue weighted by molar-refractivity contribution is 5.25. The molecule has 1 fully saturated rings. The molecule has 1 atom stereocenters. The number of nitrogens with zero attached hydrogens (tertiary/aromatic N) is 1. The third kappa shape index (κ3) is 3.19. The topological polar surface area (TPSA) is 34.1 Å². The summed E-state index contributed by atoms with van der Waals surface area (Å²) in [6.45, 7) is 3.13. The normalized spacial score (nSPS) is 18.2. The number of hydrogen-bond donors (Lipinski definition) is 1. The molecule has 0 saturated heterocycles. The molecule has 1 aliphatic rings. The molecule has 94 valence electrons. The lowest BCUT2D eigenvalue weighted by molar-refractivity contribution is 0.366. The molecule has 0 spiro atoms. The number of methoxy groups -OCH3 is 1. The summed E-state index contributed by atoms with van der Waals surface area (Å²) in [6, 6.07) is 4.61. The molecule has 0 bridgehead atoms. The summed E-state index contributed by atoms with van der Waals surface area (Å²) >= 11 is 0. The summed E-state index contributed by atoms with van der Waals surface area (Å²) in [4.78, 5) is 4.21. The first-order valence-electron chi connectivity index (χ1n) is 6.52. The first-order chi connectivity index (χ1) is 8.31. The second kappa shape index (κ2) is 6.01. The van der Waals surface area contributed by atoms with Crippen LogP contribution in [0.3, 0.4) is 0 Å². The first kappa shape index (κ1) is 12.4. The fraction of sp³-hybridized carbons (Fsp3) is 0.643. The van der Waals surface area contributed by atoms with Gasteiger partial charge in [-0.05, 0) is 31.7 Å². The van der Waals surface area contributed by atoms with Crippen LogP contribution in [0.1, 0.15) is 38.2 Å². The Morgan fingerprint density at radius 1 is 1.47 bits per heavy atom. The van der Waals surface area contributed by atoms with Gasteiger partial charge in [-0.1, -0.05) is 18.9 Å². The van der Waals surface area contributed by atoms with Gasteiger partial charge in [0.1, 0.15) is 0 Å². The van der Waals surface area contributed by atoms with E-state index in [4.69, 9.17) is 4.74 Å². The van der Waals surface area contributed by atoms with Gasteiger partial charge < -0.3 is 10.1 Å². The Kier molecular flexibility index (Phi) is 4.37. The van der Waals surface area contributed by atoms with Gasteiger partial charge in [-0.2, -0.15) is 0 Å². The standard InChI is InChI=1S/C14H22N2O/c1-11(12-6-3-4-7-12)16-10-13-8-5-9-15-14(13)17-2/h5,8-9,11-12,16H,3-4,6-7,10H2,1-2H3/t11-/m1/s1. The summed E-state index contributed by atoms with van der Waals surface area (Å²) in [5.41, 5.74) is 1.14. The monoisotopic (exact) mass is 234 g/mol. The Balaban J connectivity index is 1.88. The molecule has 0 aromatic carbocycles. The van der Waals surface area contributed by atoms with Crippen LogP contribution in [0.2, 0.25) is 0 Å². The van der Waals surface area contributed by atoms with Gasteiger partial charge in [0.05, 0.1) is 7.11 Å². The number of nitrogens with one attached hydrogen (secondary N) is 1. The van der Waals surface area contributed by atoms with Crippen LogP contribution in [0.15, 0.2) is 18.3 Å². The van der Waals surface area contributed by atoms with Crippen molar-refractivity contribution in [2.45, 2.75) is 45.2 Å². The van der Waals surface area contributed by atoms with Gasteiger partial charge in [0.15, 0.2) is 0 Å². The molecule has 1 aromatic heterocycles. The zero-order valence-electron chi connectivity index (χ0n) is 10.8. The fourth-order valence-corrected chi connectivity index (χ4v) is 2.64. The summed E-state index contributed by atoms with van der Waals surface area (Å²) in [5.74, 6) is 1.58. The molecule has 1 aliphatic carbocycles. The SMILES string of the molecule is COc1ncccc1CN[C@H](C)C1CCCC1. The summed E-state index contributed by atoms with van der Waals surface area (Å²) < 4.78 is 5.25. The van der Waals surface area contributed by atoms with Crippen molar-refractivity contribution in [3.05, 3.63) is 23.9 Å². The second-order valence-electron chi connectivity index (χ2n) is 4.89. The van der Waals surface area contributed by atoms with Crippen molar-refractivity contribution in [3.63, 3.8) is 0 Å². The predicted molar refractivity (Wildman–Crippen MR) is 69.0 cm³/mol. The molecule has 0 radical (unpaired) electrons. The van der Waals surface area contributed by atoms with E-state index in [1.807, 2.05) is 6.07 Å². The Morgan fingerprint density at radius 3 is 2.94 bits per heavy atom. The largest absolute Gasteiger partial charge is 0.481 e.